The fourth-order valence-electron chi connectivity index (χ4n) is 2.30. The van der Waals surface area contributed by atoms with Crippen LogP contribution in [0.5, 0.6) is 5.75 Å². The molecule has 0 bridgehead atoms. The molecule has 2 nitrogen and oxygen atoms in total. The van der Waals surface area contributed by atoms with Gasteiger partial charge in [-0.05, 0) is 43.8 Å². The van der Waals surface area contributed by atoms with Gasteiger partial charge in [0, 0.05) is 17.6 Å². The van der Waals surface area contributed by atoms with E-state index in [1.807, 2.05) is 12.1 Å². The summed E-state index contributed by atoms with van der Waals surface area (Å²) >= 11 is 7.56. The second-order valence-electron chi connectivity index (χ2n) is 5.04. The van der Waals surface area contributed by atoms with Crippen molar-refractivity contribution in [3.05, 3.63) is 50.7 Å². The molecule has 1 N–H and O–H groups in total. The Bertz CT molecular complexity index is 582. The highest BCUT2D eigenvalue weighted by atomic mass is 35.5. The van der Waals surface area contributed by atoms with Crippen LogP contribution in [0.25, 0.3) is 0 Å². The lowest BCUT2D eigenvalue weighted by molar-refractivity contribution is 0.396. The van der Waals surface area contributed by atoms with Crippen LogP contribution in [0, 0.1) is 6.92 Å². The SMILES string of the molecule is COc1ccc(C)cc1C(C)NC(C)c1csc(Cl)c1. The zero-order valence-electron chi connectivity index (χ0n) is 12.2. The highest BCUT2D eigenvalue weighted by molar-refractivity contribution is 7.14. The summed E-state index contributed by atoms with van der Waals surface area (Å²) in [5, 5.41) is 5.69. The largest absolute Gasteiger partial charge is 0.496 e. The maximum Gasteiger partial charge on any atom is 0.123 e. The van der Waals surface area contributed by atoms with Gasteiger partial charge in [-0.2, -0.15) is 0 Å². The quantitative estimate of drug-likeness (QED) is 0.826. The van der Waals surface area contributed by atoms with E-state index in [0.717, 1.165) is 10.1 Å². The molecule has 1 aromatic heterocycles. The fourth-order valence-corrected chi connectivity index (χ4v) is 3.29. The van der Waals surface area contributed by atoms with E-state index >= 15 is 0 Å². The summed E-state index contributed by atoms with van der Waals surface area (Å²) in [6.07, 6.45) is 0. The van der Waals surface area contributed by atoms with Crippen LogP contribution in [0.3, 0.4) is 0 Å². The third-order valence-electron chi connectivity index (χ3n) is 3.44. The molecule has 2 atom stereocenters. The van der Waals surface area contributed by atoms with E-state index < -0.39 is 0 Å². The molecule has 0 aliphatic carbocycles. The van der Waals surface area contributed by atoms with Crippen molar-refractivity contribution in [2.45, 2.75) is 32.9 Å². The van der Waals surface area contributed by atoms with Crippen LogP contribution in [0.4, 0.5) is 0 Å². The van der Waals surface area contributed by atoms with Crippen molar-refractivity contribution in [1.29, 1.82) is 0 Å². The first-order valence-electron chi connectivity index (χ1n) is 6.65. The first-order chi connectivity index (χ1) is 9.51. The van der Waals surface area contributed by atoms with Crippen LogP contribution in [0.15, 0.2) is 29.6 Å². The minimum absolute atomic E-state index is 0.207. The molecule has 108 valence electrons. The molecule has 0 fully saturated rings. The minimum Gasteiger partial charge on any atom is -0.496 e. The van der Waals surface area contributed by atoms with Crippen LogP contribution in [-0.2, 0) is 0 Å². The smallest absolute Gasteiger partial charge is 0.123 e. The van der Waals surface area contributed by atoms with Gasteiger partial charge in [0.05, 0.1) is 11.4 Å². The number of ether oxygens (including phenoxy) is 1. The number of rotatable bonds is 5. The Hall–Kier alpha value is -1.03. The van der Waals surface area contributed by atoms with Gasteiger partial charge in [0.1, 0.15) is 5.75 Å². The Morgan fingerprint density at radius 2 is 1.95 bits per heavy atom. The lowest BCUT2D eigenvalue weighted by Gasteiger charge is -2.22. The van der Waals surface area contributed by atoms with E-state index in [2.05, 4.69) is 43.6 Å². The summed E-state index contributed by atoms with van der Waals surface area (Å²) in [6, 6.07) is 8.73. The molecule has 4 heteroatoms. The first kappa shape index (κ1) is 15.4. The van der Waals surface area contributed by atoms with Gasteiger partial charge in [-0.25, -0.2) is 0 Å². The predicted molar refractivity (Wildman–Crippen MR) is 87.0 cm³/mol. The van der Waals surface area contributed by atoms with E-state index in [-0.39, 0.29) is 12.1 Å². The van der Waals surface area contributed by atoms with Crippen molar-refractivity contribution >= 4 is 22.9 Å². The monoisotopic (exact) mass is 309 g/mol. The summed E-state index contributed by atoms with van der Waals surface area (Å²) in [6.45, 7) is 6.40. The summed E-state index contributed by atoms with van der Waals surface area (Å²) in [5.41, 5.74) is 3.64. The number of hydrogen-bond donors (Lipinski definition) is 1. The molecule has 2 rings (SSSR count). The van der Waals surface area contributed by atoms with Crippen LogP contribution in [0.2, 0.25) is 4.34 Å². The molecule has 0 amide bonds. The summed E-state index contributed by atoms with van der Waals surface area (Å²) in [5.74, 6) is 0.922. The Morgan fingerprint density at radius 1 is 1.20 bits per heavy atom. The van der Waals surface area contributed by atoms with Gasteiger partial charge in [0.2, 0.25) is 0 Å². The molecular formula is C16H20ClNOS. The van der Waals surface area contributed by atoms with Crippen LogP contribution < -0.4 is 10.1 Å². The maximum absolute atomic E-state index is 6.00. The minimum atomic E-state index is 0.207. The molecular weight excluding hydrogens is 290 g/mol. The molecule has 0 aliphatic heterocycles. The highest BCUT2D eigenvalue weighted by Crippen LogP contribution is 2.30. The molecule has 0 radical (unpaired) electrons. The van der Waals surface area contributed by atoms with Crippen molar-refractivity contribution in [1.82, 2.24) is 5.32 Å². The van der Waals surface area contributed by atoms with Crippen molar-refractivity contribution in [2.75, 3.05) is 7.11 Å². The van der Waals surface area contributed by atoms with Crippen molar-refractivity contribution in [3.63, 3.8) is 0 Å². The second kappa shape index (κ2) is 6.61. The Balaban J connectivity index is 2.15. The third-order valence-corrected chi connectivity index (χ3v) is 4.55. The topological polar surface area (TPSA) is 21.3 Å². The number of nitrogens with one attached hydrogen (secondary N) is 1. The van der Waals surface area contributed by atoms with Crippen LogP contribution in [-0.4, -0.2) is 7.11 Å². The number of benzene rings is 1. The van der Waals surface area contributed by atoms with Gasteiger partial charge in [-0.3, -0.25) is 0 Å². The molecule has 0 saturated carbocycles. The van der Waals surface area contributed by atoms with Gasteiger partial charge in [-0.15, -0.1) is 11.3 Å². The average Bonchev–Trinajstić information content (AvgIpc) is 2.85. The van der Waals surface area contributed by atoms with E-state index in [4.69, 9.17) is 16.3 Å². The zero-order valence-corrected chi connectivity index (χ0v) is 13.8. The molecule has 20 heavy (non-hydrogen) atoms. The summed E-state index contributed by atoms with van der Waals surface area (Å²) in [4.78, 5) is 0. The number of methoxy groups -OCH3 is 1. The van der Waals surface area contributed by atoms with Gasteiger partial charge in [-0.1, -0.05) is 29.3 Å². The molecule has 1 heterocycles. The van der Waals surface area contributed by atoms with Gasteiger partial charge in [0.25, 0.3) is 0 Å². The van der Waals surface area contributed by atoms with Gasteiger partial charge < -0.3 is 10.1 Å². The normalized spacial score (nSPS) is 14.1. The molecule has 0 aliphatic rings. The molecule has 1 aromatic carbocycles. The number of hydrogen-bond acceptors (Lipinski definition) is 3. The molecule has 2 aromatic rings. The van der Waals surface area contributed by atoms with Crippen LogP contribution in [0.1, 0.15) is 42.6 Å². The average molecular weight is 310 g/mol. The fraction of sp³-hybridized carbons (Fsp3) is 0.375. The molecule has 2 unspecified atom stereocenters. The van der Waals surface area contributed by atoms with E-state index in [1.165, 1.54) is 16.7 Å². The zero-order chi connectivity index (χ0) is 14.7. The third kappa shape index (κ3) is 3.54. The van der Waals surface area contributed by atoms with Gasteiger partial charge in [0.15, 0.2) is 0 Å². The number of aryl methyl sites for hydroxylation is 1. The molecule has 0 spiro atoms. The Labute approximate surface area is 129 Å². The predicted octanol–water partition coefficient (Wildman–Crippen LogP) is 5.13. The van der Waals surface area contributed by atoms with Crippen molar-refractivity contribution < 1.29 is 4.74 Å². The molecule has 0 saturated heterocycles. The highest BCUT2D eigenvalue weighted by Gasteiger charge is 2.15. The second-order valence-corrected chi connectivity index (χ2v) is 6.58. The lowest BCUT2D eigenvalue weighted by atomic mass is 10.0. The number of halogens is 1. The van der Waals surface area contributed by atoms with E-state index in [0.29, 0.717) is 0 Å². The van der Waals surface area contributed by atoms with E-state index in [9.17, 15) is 0 Å². The van der Waals surface area contributed by atoms with Crippen LogP contribution >= 0.6 is 22.9 Å². The van der Waals surface area contributed by atoms with Crippen molar-refractivity contribution in [2.24, 2.45) is 0 Å². The number of thiophene rings is 1. The summed E-state index contributed by atoms with van der Waals surface area (Å²) in [7, 11) is 1.71. The van der Waals surface area contributed by atoms with Crippen molar-refractivity contribution in [3.8, 4) is 5.75 Å². The Kier molecular flexibility index (Phi) is 5.08. The first-order valence-corrected chi connectivity index (χ1v) is 7.91. The lowest BCUT2D eigenvalue weighted by Crippen LogP contribution is -2.22. The Morgan fingerprint density at radius 3 is 2.55 bits per heavy atom. The van der Waals surface area contributed by atoms with E-state index in [1.54, 1.807) is 18.4 Å². The summed E-state index contributed by atoms with van der Waals surface area (Å²) < 4.78 is 6.28. The standard InChI is InChI=1S/C16H20ClNOS/c1-10-5-6-15(19-4)14(7-10)12(3)18-11(2)13-8-16(17)20-9-13/h5-9,11-12,18H,1-4H3. The van der Waals surface area contributed by atoms with Gasteiger partial charge >= 0.3 is 0 Å². The maximum atomic E-state index is 6.00.